The molecular weight excluding hydrogens is 350 g/mol. The number of piperidine rings is 1. The fraction of sp³-hybridized carbons (Fsp3) is 0.632. The van der Waals surface area contributed by atoms with Gasteiger partial charge in [0, 0.05) is 33.1 Å². The van der Waals surface area contributed by atoms with Crippen molar-refractivity contribution in [2.24, 2.45) is 5.92 Å². The van der Waals surface area contributed by atoms with Crippen molar-refractivity contribution in [3.05, 3.63) is 34.9 Å². The number of carbonyl (C=O) groups is 1. The third-order valence-corrected chi connectivity index (χ3v) is 7.53. The molecule has 1 heterocycles. The average Bonchev–Trinajstić information content (AvgIpc) is 3.09. The van der Waals surface area contributed by atoms with E-state index in [9.17, 15) is 13.2 Å². The topological polar surface area (TPSA) is 69.7 Å². The van der Waals surface area contributed by atoms with Crippen LogP contribution in [0.25, 0.3) is 0 Å². The van der Waals surface area contributed by atoms with Gasteiger partial charge in [0.2, 0.25) is 5.91 Å². The number of nitrogens with zero attached hydrogens (tertiary/aromatic N) is 2. The molecule has 0 spiro atoms. The molecule has 1 saturated heterocycles. The third kappa shape index (κ3) is 3.94. The maximum atomic E-state index is 12.6. The summed E-state index contributed by atoms with van der Waals surface area (Å²) >= 11 is 0. The van der Waals surface area contributed by atoms with Gasteiger partial charge < -0.3 is 5.32 Å². The zero-order valence-electron chi connectivity index (χ0n) is 15.9. The largest absolute Gasteiger partial charge is 0.349 e. The van der Waals surface area contributed by atoms with Crippen LogP contribution in [0.3, 0.4) is 0 Å². The van der Waals surface area contributed by atoms with Crippen molar-refractivity contribution < 1.29 is 13.2 Å². The quantitative estimate of drug-likeness (QED) is 0.849. The summed E-state index contributed by atoms with van der Waals surface area (Å²) < 4.78 is 27.0. The molecule has 26 heavy (non-hydrogen) atoms. The lowest BCUT2D eigenvalue weighted by molar-refractivity contribution is -0.126. The molecule has 7 heteroatoms. The van der Waals surface area contributed by atoms with Gasteiger partial charge in [-0.25, -0.2) is 0 Å². The van der Waals surface area contributed by atoms with Crippen LogP contribution < -0.4 is 5.32 Å². The number of aryl methyl sites for hydroxylation is 2. The van der Waals surface area contributed by atoms with Crippen LogP contribution in [-0.4, -0.2) is 50.1 Å². The highest BCUT2D eigenvalue weighted by Gasteiger charge is 2.32. The maximum Gasteiger partial charge on any atom is 0.281 e. The number of carbonyl (C=O) groups excluding carboxylic acids is 1. The van der Waals surface area contributed by atoms with E-state index in [0.717, 1.165) is 18.4 Å². The van der Waals surface area contributed by atoms with Gasteiger partial charge in [0.15, 0.2) is 0 Å². The number of nitrogens with one attached hydrogen (secondary N) is 1. The molecule has 1 fully saturated rings. The van der Waals surface area contributed by atoms with Gasteiger partial charge in [0.05, 0.1) is 6.04 Å². The van der Waals surface area contributed by atoms with Crippen molar-refractivity contribution >= 4 is 16.1 Å². The summed E-state index contributed by atoms with van der Waals surface area (Å²) in [5, 5.41) is 3.12. The fourth-order valence-electron chi connectivity index (χ4n) is 3.86. The number of rotatable bonds is 5. The highest BCUT2D eigenvalue weighted by Crippen LogP contribution is 2.26. The second-order valence-electron chi connectivity index (χ2n) is 7.58. The third-order valence-electron chi connectivity index (χ3n) is 5.59. The van der Waals surface area contributed by atoms with Gasteiger partial charge in [0.1, 0.15) is 0 Å². The predicted molar refractivity (Wildman–Crippen MR) is 102 cm³/mol. The Morgan fingerprint density at radius 1 is 1.19 bits per heavy atom. The Hall–Kier alpha value is -1.44. The van der Waals surface area contributed by atoms with E-state index >= 15 is 0 Å². The van der Waals surface area contributed by atoms with Crippen LogP contribution in [0.2, 0.25) is 0 Å². The van der Waals surface area contributed by atoms with E-state index in [-0.39, 0.29) is 17.9 Å². The van der Waals surface area contributed by atoms with Crippen molar-refractivity contribution in [3.8, 4) is 0 Å². The zero-order chi connectivity index (χ0) is 18.9. The molecule has 0 bridgehead atoms. The Bertz CT molecular complexity index is 768. The molecule has 1 aliphatic heterocycles. The summed E-state index contributed by atoms with van der Waals surface area (Å²) in [5.74, 6) is -0.0969. The van der Waals surface area contributed by atoms with Gasteiger partial charge in [0.25, 0.3) is 10.2 Å². The molecular formula is C19H29N3O3S. The molecule has 0 radical (unpaired) electrons. The first-order valence-electron chi connectivity index (χ1n) is 9.38. The molecule has 3 rings (SSSR count). The molecule has 1 aliphatic carbocycles. The average molecular weight is 380 g/mol. The highest BCUT2D eigenvalue weighted by atomic mass is 32.2. The molecule has 2 aliphatic rings. The molecule has 0 unspecified atom stereocenters. The van der Waals surface area contributed by atoms with Crippen molar-refractivity contribution in [1.29, 1.82) is 0 Å². The van der Waals surface area contributed by atoms with Crippen LogP contribution in [-0.2, 0) is 27.8 Å². The van der Waals surface area contributed by atoms with E-state index in [1.165, 1.54) is 40.3 Å². The smallest absolute Gasteiger partial charge is 0.281 e. The minimum atomic E-state index is -3.39. The van der Waals surface area contributed by atoms with E-state index in [2.05, 4.69) is 23.5 Å². The lowest BCUT2D eigenvalue weighted by atomic mass is 9.96. The summed E-state index contributed by atoms with van der Waals surface area (Å²) in [4.78, 5) is 12.6. The predicted octanol–water partition coefficient (Wildman–Crippen LogP) is 1.87. The van der Waals surface area contributed by atoms with Gasteiger partial charge in [-0.2, -0.15) is 17.0 Å². The molecule has 0 aromatic heterocycles. The SMILES string of the molecule is C[C@H](NC(=O)C1CCN(S(=O)(=O)N(C)C)CC1)c1ccc2c(c1)CCC2. The molecule has 1 N–H and O–H groups in total. The van der Waals surface area contributed by atoms with Crippen molar-refractivity contribution in [3.63, 3.8) is 0 Å². The van der Waals surface area contributed by atoms with Crippen molar-refractivity contribution in [2.75, 3.05) is 27.2 Å². The fourth-order valence-corrected chi connectivity index (χ4v) is 4.99. The molecule has 1 amide bonds. The van der Waals surface area contributed by atoms with Gasteiger partial charge >= 0.3 is 0 Å². The summed E-state index contributed by atoms with van der Waals surface area (Å²) in [5.41, 5.74) is 3.99. The van der Waals surface area contributed by atoms with Crippen molar-refractivity contribution in [1.82, 2.24) is 13.9 Å². The molecule has 1 aromatic carbocycles. The van der Waals surface area contributed by atoms with Gasteiger partial charge in [-0.3, -0.25) is 4.79 Å². The number of hydrogen-bond acceptors (Lipinski definition) is 3. The molecule has 1 atom stereocenters. The van der Waals surface area contributed by atoms with Crippen LogP contribution in [0.1, 0.15) is 48.9 Å². The van der Waals surface area contributed by atoms with Gasteiger partial charge in [-0.05, 0) is 55.7 Å². The van der Waals surface area contributed by atoms with E-state index in [1.807, 2.05) is 6.92 Å². The van der Waals surface area contributed by atoms with Crippen LogP contribution in [0.15, 0.2) is 18.2 Å². The van der Waals surface area contributed by atoms with Crippen LogP contribution in [0.5, 0.6) is 0 Å². The van der Waals surface area contributed by atoms with Gasteiger partial charge in [-0.15, -0.1) is 0 Å². The Kier molecular flexibility index (Phi) is 5.69. The molecule has 6 nitrogen and oxygen atoms in total. The first-order chi connectivity index (χ1) is 12.3. The monoisotopic (exact) mass is 379 g/mol. The minimum Gasteiger partial charge on any atom is -0.349 e. The van der Waals surface area contributed by atoms with E-state index in [4.69, 9.17) is 0 Å². The summed E-state index contributed by atoms with van der Waals surface area (Å²) in [6.45, 7) is 2.80. The summed E-state index contributed by atoms with van der Waals surface area (Å²) in [6, 6.07) is 6.49. The minimum absolute atomic E-state index is 0.0277. The number of hydrogen-bond donors (Lipinski definition) is 1. The Morgan fingerprint density at radius 2 is 1.85 bits per heavy atom. The zero-order valence-corrected chi connectivity index (χ0v) is 16.7. The van der Waals surface area contributed by atoms with Gasteiger partial charge in [-0.1, -0.05) is 18.2 Å². The second kappa shape index (κ2) is 7.66. The van der Waals surface area contributed by atoms with Crippen LogP contribution >= 0.6 is 0 Å². The Labute approximate surface area is 156 Å². The molecule has 1 aromatic rings. The standard InChI is InChI=1S/C19H29N3O3S/c1-14(17-8-7-15-5-4-6-18(15)13-17)20-19(23)16-9-11-22(12-10-16)26(24,25)21(2)3/h7-8,13-14,16H,4-6,9-12H2,1-3H3,(H,20,23)/t14-/m0/s1. The normalized spacial score (nSPS) is 20.2. The summed E-state index contributed by atoms with van der Waals surface area (Å²) in [7, 11) is -0.318. The van der Waals surface area contributed by atoms with Crippen molar-refractivity contribution in [2.45, 2.75) is 45.1 Å². The number of benzene rings is 1. The van der Waals surface area contributed by atoms with E-state index in [0.29, 0.717) is 25.9 Å². The Balaban J connectivity index is 1.56. The molecule has 144 valence electrons. The first kappa shape index (κ1) is 19.3. The lowest BCUT2D eigenvalue weighted by Gasteiger charge is -2.32. The first-order valence-corrected chi connectivity index (χ1v) is 10.8. The number of fused-ring (bicyclic) bond motifs is 1. The Morgan fingerprint density at radius 3 is 2.50 bits per heavy atom. The lowest BCUT2D eigenvalue weighted by Crippen LogP contribution is -2.47. The maximum absolute atomic E-state index is 12.6. The van der Waals surface area contributed by atoms with Crippen LogP contribution in [0.4, 0.5) is 0 Å². The van der Waals surface area contributed by atoms with E-state index in [1.54, 1.807) is 0 Å². The van der Waals surface area contributed by atoms with Crippen LogP contribution in [0, 0.1) is 5.92 Å². The summed E-state index contributed by atoms with van der Waals surface area (Å²) in [6.07, 6.45) is 4.63. The second-order valence-corrected chi connectivity index (χ2v) is 9.72. The highest BCUT2D eigenvalue weighted by molar-refractivity contribution is 7.86. The molecule has 0 saturated carbocycles. The van der Waals surface area contributed by atoms with E-state index < -0.39 is 10.2 Å². The number of amides is 1.